The van der Waals surface area contributed by atoms with Crippen molar-refractivity contribution in [3.8, 4) is 17.1 Å². The summed E-state index contributed by atoms with van der Waals surface area (Å²) in [5.41, 5.74) is 1.80. The first-order valence-corrected chi connectivity index (χ1v) is 9.98. The van der Waals surface area contributed by atoms with Gasteiger partial charge in [0.1, 0.15) is 0 Å². The molecule has 0 fully saturated rings. The van der Waals surface area contributed by atoms with E-state index in [0.717, 1.165) is 37.7 Å². The summed E-state index contributed by atoms with van der Waals surface area (Å²) >= 11 is 0. The van der Waals surface area contributed by atoms with Gasteiger partial charge in [0.25, 0.3) is 0 Å². The monoisotopic (exact) mass is 358 g/mol. The van der Waals surface area contributed by atoms with Crippen LogP contribution < -0.4 is 4.74 Å². The third-order valence-electron chi connectivity index (χ3n) is 4.47. The van der Waals surface area contributed by atoms with Crippen LogP contribution >= 0.6 is 0 Å². The van der Waals surface area contributed by atoms with Gasteiger partial charge in [-0.2, -0.15) is 0 Å². The van der Waals surface area contributed by atoms with Gasteiger partial charge >= 0.3 is 0 Å². The fraction of sp³-hybridized carbons (Fsp3) is 0.545. The molecule has 0 radical (unpaired) electrons. The van der Waals surface area contributed by atoms with Gasteiger partial charge in [0.05, 0.1) is 6.61 Å². The molecule has 0 N–H and O–H groups in total. The lowest BCUT2D eigenvalue weighted by Gasteiger charge is -2.09. The summed E-state index contributed by atoms with van der Waals surface area (Å²) in [5.74, 6) is 0.501. The maximum absolute atomic E-state index is 14.3. The number of unbranched alkanes of at least 4 members (excludes halogenated alkanes) is 6. The Bertz CT molecular complexity index is 643. The van der Waals surface area contributed by atoms with Crippen LogP contribution in [0.3, 0.4) is 0 Å². The van der Waals surface area contributed by atoms with Crippen LogP contribution in [0.25, 0.3) is 11.4 Å². The Labute approximate surface area is 157 Å². The number of aryl methyl sites for hydroxylation is 1. The van der Waals surface area contributed by atoms with Crippen molar-refractivity contribution in [3.63, 3.8) is 0 Å². The minimum Gasteiger partial charge on any atom is -0.491 e. The van der Waals surface area contributed by atoms with Crippen LogP contribution in [-0.2, 0) is 6.42 Å². The maximum Gasteiger partial charge on any atom is 0.165 e. The van der Waals surface area contributed by atoms with Crippen molar-refractivity contribution in [2.45, 2.75) is 71.6 Å². The summed E-state index contributed by atoms with van der Waals surface area (Å²) in [5, 5.41) is 0. The molecule has 1 aromatic carbocycles. The molecule has 0 aliphatic rings. The number of benzene rings is 1. The summed E-state index contributed by atoms with van der Waals surface area (Å²) in [4.78, 5) is 8.73. The van der Waals surface area contributed by atoms with Gasteiger partial charge in [-0.3, -0.25) is 0 Å². The minimum absolute atomic E-state index is 0.307. The third kappa shape index (κ3) is 6.74. The normalized spacial score (nSPS) is 10.9. The second-order valence-electron chi connectivity index (χ2n) is 6.78. The molecule has 142 valence electrons. The quantitative estimate of drug-likeness (QED) is 0.414. The van der Waals surface area contributed by atoms with Crippen LogP contribution in [0.2, 0.25) is 0 Å². The molecule has 0 saturated carbocycles. The lowest BCUT2D eigenvalue weighted by Crippen LogP contribution is -2.00. The van der Waals surface area contributed by atoms with Gasteiger partial charge in [0.15, 0.2) is 17.4 Å². The highest BCUT2D eigenvalue weighted by atomic mass is 19.1. The standard InChI is InChI=1S/C22H31FN2O/c1-3-5-7-8-9-10-14-26-21-13-12-19(15-20(21)23)22-24-16-18(17-25-22)11-6-4-2/h12-13,15-17H,3-11,14H2,1-2H3. The highest BCUT2D eigenvalue weighted by Gasteiger charge is 2.08. The molecule has 0 atom stereocenters. The molecule has 0 unspecified atom stereocenters. The summed E-state index contributed by atoms with van der Waals surface area (Å²) in [6.07, 6.45) is 14.1. The van der Waals surface area contributed by atoms with Crippen LogP contribution in [0, 0.1) is 5.82 Å². The number of ether oxygens (including phenoxy) is 1. The molecule has 0 amide bonds. The van der Waals surface area contributed by atoms with E-state index < -0.39 is 0 Å². The Morgan fingerprint density at radius 2 is 1.58 bits per heavy atom. The second kappa shape index (κ2) is 11.6. The van der Waals surface area contributed by atoms with Crippen molar-refractivity contribution in [1.82, 2.24) is 9.97 Å². The number of aromatic nitrogens is 2. The number of halogens is 1. The molecular weight excluding hydrogens is 327 g/mol. The van der Waals surface area contributed by atoms with Gasteiger partial charge in [-0.05, 0) is 43.0 Å². The zero-order chi connectivity index (χ0) is 18.6. The van der Waals surface area contributed by atoms with Crippen molar-refractivity contribution in [2.75, 3.05) is 6.61 Å². The van der Waals surface area contributed by atoms with Gasteiger partial charge in [-0.15, -0.1) is 0 Å². The van der Waals surface area contributed by atoms with Crippen molar-refractivity contribution < 1.29 is 9.13 Å². The van der Waals surface area contributed by atoms with Gasteiger partial charge in [0.2, 0.25) is 0 Å². The molecule has 0 spiro atoms. The molecule has 0 saturated heterocycles. The number of hydrogen-bond acceptors (Lipinski definition) is 3. The van der Waals surface area contributed by atoms with Gasteiger partial charge < -0.3 is 4.74 Å². The number of nitrogens with zero attached hydrogens (tertiary/aromatic N) is 2. The maximum atomic E-state index is 14.3. The summed E-state index contributed by atoms with van der Waals surface area (Å²) in [7, 11) is 0. The van der Waals surface area contributed by atoms with E-state index in [9.17, 15) is 4.39 Å². The SMILES string of the molecule is CCCCCCCCOc1ccc(-c2ncc(CCCC)cn2)cc1F. The van der Waals surface area contributed by atoms with E-state index in [-0.39, 0.29) is 5.82 Å². The summed E-state index contributed by atoms with van der Waals surface area (Å²) in [6.45, 7) is 4.93. The average Bonchev–Trinajstić information content (AvgIpc) is 2.67. The molecular formula is C22H31FN2O. The highest BCUT2D eigenvalue weighted by molar-refractivity contribution is 5.56. The molecule has 0 aliphatic heterocycles. The predicted octanol–water partition coefficient (Wildman–Crippen LogP) is 6.36. The van der Waals surface area contributed by atoms with Crippen LogP contribution in [0.15, 0.2) is 30.6 Å². The predicted molar refractivity (Wildman–Crippen MR) is 105 cm³/mol. The largest absolute Gasteiger partial charge is 0.491 e. The third-order valence-corrected chi connectivity index (χ3v) is 4.47. The van der Waals surface area contributed by atoms with E-state index in [1.165, 1.54) is 31.7 Å². The minimum atomic E-state index is -0.354. The lowest BCUT2D eigenvalue weighted by atomic mass is 10.1. The number of rotatable bonds is 12. The van der Waals surface area contributed by atoms with Crippen LogP contribution in [-0.4, -0.2) is 16.6 Å². The molecule has 2 rings (SSSR count). The molecule has 0 bridgehead atoms. The van der Waals surface area contributed by atoms with E-state index in [1.807, 2.05) is 18.5 Å². The van der Waals surface area contributed by atoms with Crippen LogP contribution in [0.4, 0.5) is 4.39 Å². The first kappa shape index (κ1) is 20.3. The van der Waals surface area contributed by atoms with Crippen molar-refractivity contribution >= 4 is 0 Å². The fourth-order valence-corrected chi connectivity index (χ4v) is 2.84. The zero-order valence-corrected chi connectivity index (χ0v) is 16.1. The Balaban J connectivity index is 1.84. The molecule has 1 heterocycles. The molecule has 1 aromatic heterocycles. The van der Waals surface area contributed by atoms with E-state index in [4.69, 9.17) is 4.74 Å². The van der Waals surface area contributed by atoms with E-state index in [2.05, 4.69) is 23.8 Å². The van der Waals surface area contributed by atoms with Gasteiger partial charge in [-0.1, -0.05) is 52.4 Å². The molecule has 3 nitrogen and oxygen atoms in total. The Kier molecular flexibility index (Phi) is 9.08. The smallest absolute Gasteiger partial charge is 0.165 e. The van der Waals surface area contributed by atoms with Crippen molar-refractivity contribution in [2.24, 2.45) is 0 Å². The second-order valence-corrected chi connectivity index (χ2v) is 6.78. The van der Waals surface area contributed by atoms with Crippen LogP contribution in [0.5, 0.6) is 5.75 Å². The first-order chi connectivity index (χ1) is 12.7. The van der Waals surface area contributed by atoms with Crippen molar-refractivity contribution in [1.29, 1.82) is 0 Å². The van der Waals surface area contributed by atoms with Gasteiger partial charge in [0, 0.05) is 18.0 Å². The average molecular weight is 359 g/mol. The molecule has 0 aliphatic carbocycles. The molecule has 2 aromatic rings. The first-order valence-electron chi connectivity index (χ1n) is 9.98. The van der Waals surface area contributed by atoms with Gasteiger partial charge in [-0.25, -0.2) is 14.4 Å². The fourth-order valence-electron chi connectivity index (χ4n) is 2.84. The van der Waals surface area contributed by atoms with E-state index in [1.54, 1.807) is 6.07 Å². The lowest BCUT2D eigenvalue weighted by molar-refractivity contribution is 0.290. The van der Waals surface area contributed by atoms with Crippen LogP contribution in [0.1, 0.15) is 70.8 Å². The van der Waals surface area contributed by atoms with Crippen molar-refractivity contribution in [3.05, 3.63) is 42.0 Å². The number of hydrogen-bond donors (Lipinski definition) is 0. The zero-order valence-electron chi connectivity index (χ0n) is 16.1. The van der Waals surface area contributed by atoms with E-state index >= 15 is 0 Å². The topological polar surface area (TPSA) is 35.0 Å². The van der Waals surface area contributed by atoms with E-state index in [0.29, 0.717) is 23.7 Å². The molecule has 4 heteroatoms. The Morgan fingerprint density at radius 1 is 0.885 bits per heavy atom. The molecule has 26 heavy (non-hydrogen) atoms. The summed E-state index contributed by atoms with van der Waals surface area (Å²) < 4.78 is 19.9. The Hall–Kier alpha value is -1.97. The Morgan fingerprint density at radius 3 is 2.27 bits per heavy atom. The summed E-state index contributed by atoms with van der Waals surface area (Å²) in [6, 6.07) is 4.95. The highest BCUT2D eigenvalue weighted by Crippen LogP contribution is 2.24.